The molecule has 45 heavy (non-hydrogen) atoms. The number of imidazole rings is 1. The van der Waals surface area contributed by atoms with Gasteiger partial charge >= 0.3 is 0 Å². The molecular weight excluding hydrogens is 544 g/mol. The molecule has 0 radical (unpaired) electrons. The van der Waals surface area contributed by atoms with Crippen LogP contribution in [0.3, 0.4) is 0 Å². The molecule has 2 nitrogen and oxygen atoms in total. The van der Waals surface area contributed by atoms with Gasteiger partial charge in [0, 0.05) is 12.1 Å². The van der Waals surface area contributed by atoms with Gasteiger partial charge in [-0.25, -0.2) is 4.98 Å². The molecule has 0 unspecified atom stereocenters. The summed E-state index contributed by atoms with van der Waals surface area (Å²) in [5.74, 6) is 1.08. The van der Waals surface area contributed by atoms with E-state index in [-0.39, 0.29) is 0 Å². The summed E-state index contributed by atoms with van der Waals surface area (Å²) in [7, 11) is 0. The second-order valence-corrected chi connectivity index (χ2v) is 11.8. The molecule has 9 aromatic rings. The third-order valence-corrected chi connectivity index (χ3v) is 9.33. The topological polar surface area (TPSA) is 17.8 Å². The van der Waals surface area contributed by atoms with Gasteiger partial charge in [-0.1, -0.05) is 128 Å². The van der Waals surface area contributed by atoms with Crippen molar-refractivity contribution in [3.63, 3.8) is 0 Å². The van der Waals surface area contributed by atoms with Crippen LogP contribution in [0.1, 0.15) is 12.7 Å². The average molecular weight is 575 g/mol. The monoisotopic (exact) mass is 574 g/mol. The number of aryl methyl sites for hydroxylation is 1. The lowest BCUT2D eigenvalue weighted by Gasteiger charge is -2.20. The van der Waals surface area contributed by atoms with Crippen molar-refractivity contribution in [3.05, 3.63) is 157 Å². The minimum absolute atomic E-state index is 0.872. The zero-order chi connectivity index (χ0) is 29.9. The third kappa shape index (κ3) is 3.92. The van der Waals surface area contributed by atoms with Gasteiger partial charge in [0.15, 0.2) is 0 Å². The van der Waals surface area contributed by atoms with Crippen LogP contribution < -0.4 is 0 Å². The first-order valence-electron chi connectivity index (χ1n) is 15.7. The van der Waals surface area contributed by atoms with Gasteiger partial charge in [0.2, 0.25) is 0 Å². The second-order valence-electron chi connectivity index (χ2n) is 11.8. The predicted molar refractivity (Wildman–Crippen MR) is 191 cm³/mol. The van der Waals surface area contributed by atoms with Crippen LogP contribution in [0.25, 0.3) is 82.1 Å². The highest BCUT2D eigenvalue weighted by Crippen LogP contribution is 2.46. The molecule has 2 heteroatoms. The lowest BCUT2D eigenvalue weighted by molar-refractivity contribution is 0.908. The zero-order valence-corrected chi connectivity index (χ0v) is 25.0. The normalized spacial score (nSPS) is 11.8. The van der Waals surface area contributed by atoms with Gasteiger partial charge in [-0.05, 0) is 95.7 Å². The van der Waals surface area contributed by atoms with E-state index in [1.807, 2.05) is 0 Å². The number of hydrogen-bond donors (Lipinski definition) is 0. The number of hydrogen-bond acceptors (Lipinski definition) is 1. The van der Waals surface area contributed by atoms with Crippen molar-refractivity contribution >= 4 is 54.1 Å². The van der Waals surface area contributed by atoms with E-state index in [2.05, 4.69) is 163 Å². The quantitative estimate of drug-likeness (QED) is 0.151. The highest BCUT2D eigenvalue weighted by molar-refractivity contribution is 6.25. The van der Waals surface area contributed by atoms with E-state index >= 15 is 0 Å². The van der Waals surface area contributed by atoms with E-state index in [9.17, 15) is 0 Å². The van der Waals surface area contributed by atoms with Crippen molar-refractivity contribution in [1.29, 1.82) is 0 Å². The number of rotatable bonds is 4. The van der Waals surface area contributed by atoms with E-state index in [0.717, 1.165) is 29.0 Å². The SMILES string of the molecule is CCc1nc2ccccc2n1-c1ccc(-c2c3ccccc3c(-c3cc4ccccc4c4ccccc34)c3ccccc23)cc1. The van der Waals surface area contributed by atoms with Gasteiger partial charge in [-0.2, -0.15) is 0 Å². The molecule has 0 spiro atoms. The molecule has 0 bridgehead atoms. The van der Waals surface area contributed by atoms with Crippen molar-refractivity contribution in [2.24, 2.45) is 0 Å². The van der Waals surface area contributed by atoms with Crippen LogP contribution in [-0.2, 0) is 6.42 Å². The zero-order valence-electron chi connectivity index (χ0n) is 25.0. The average Bonchev–Trinajstić information content (AvgIpc) is 3.49. The van der Waals surface area contributed by atoms with Crippen molar-refractivity contribution < 1.29 is 0 Å². The predicted octanol–water partition coefficient (Wildman–Crippen LogP) is 11.5. The van der Waals surface area contributed by atoms with E-state index in [4.69, 9.17) is 4.98 Å². The first-order chi connectivity index (χ1) is 22.3. The van der Waals surface area contributed by atoms with Crippen LogP contribution in [0, 0.1) is 0 Å². The minimum Gasteiger partial charge on any atom is -0.296 e. The van der Waals surface area contributed by atoms with E-state index in [0.29, 0.717) is 0 Å². The first kappa shape index (κ1) is 25.7. The Morgan fingerprint density at radius 2 is 1.02 bits per heavy atom. The minimum atomic E-state index is 0.872. The number of aromatic nitrogens is 2. The Morgan fingerprint density at radius 3 is 1.69 bits per heavy atom. The Kier molecular flexibility index (Phi) is 5.82. The van der Waals surface area contributed by atoms with Gasteiger partial charge < -0.3 is 0 Å². The lowest BCUT2D eigenvalue weighted by atomic mass is 9.84. The van der Waals surface area contributed by atoms with Crippen LogP contribution in [0.4, 0.5) is 0 Å². The molecule has 0 atom stereocenters. The maximum Gasteiger partial charge on any atom is 0.114 e. The fourth-order valence-corrected chi connectivity index (χ4v) is 7.37. The van der Waals surface area contributed by atoms with Gasteiger partial charge in [0.05, 0.1) is 11.0 Å². The summed E-state index contributed by atoms with van der Waals surface area (Å²) in [6, 6.07) is 55.3. The van der Waals surface area contributed by atoms with E-state index in [1.54, 1.807) is 0 Å². The Hall–Kier alpha value is -5.73. The molecule has 0 aliphatic carbocycles. The molecule has 1 aromatic heterocycles. The molecule has 9 rings (SSSR count). The fourth-order valence-electron chi connectivity index (χ4n) is 7.37. The van der Waals surface area contributed by atoms with Gasteiger partial charge in [0.25, 0.3) is 0 Å². The summed E-state index contributed by atoms with van der Waals surface area (Å²) >= 11 is 0. The maximum atomic E-state index is 4.91. The van der Waals surface area contributed by atoms with E-state index in [1.165, 1.54) is 65.3 Å². The molecular formula is C43H30N2. The Bertz CT molecular complexity index is 2510. The summed E-state index contributed by atoms with van der Waals surface area (Å²) in [4.78, 5) is 4.91. The number of para-hydroxylation sites is 2. The Labute approximate surface area is 261 Å². The molecule has 0 N–H and O–H groups in total. The molecule has 0 fully saturated rings. The summed E-state index contributed by atoms with van der Waals surface area (Å²) in [5, 5.41) is 10.2. The molecule has 0 aliphatic rings. The van der Waals surface area contributed by atoms with Crippen molar-refractivity contribution in [2.75, 3.05) is 0 Å². The molecule has 0 amide bonds. The third-order valence-electron chi connectivity index (χ3n) is 9.33. The van der Waals surface area contributed by atoms with Crippen LogP contribution in [0.5, 0.6) is 0 Å². The fraction of sp³-hybridized carbons (Fsp3) is 0.0465. The maximum absolute atomic E-state index is 4.91. The largest absolute Gasteiger partial charge is 0.296 e. The van der Waals surface area contributed by atoms with Crippen LogP contribution in [0.15, 0.2) is 152 Å². The molecule has 1 heterocycles. The Morgan fingerprint density at radius 1 is 0.489 bits per heavy atom. The Balaban J connectivity index is 1.32. The van der Waals surface area contributed by atoms with Crippen molar-refractivity contribution in [1.82, 2.24) is 9.55 Å². The first-order valence-corrected chi connectivity index (χ1v) is 15.7. The molecule has 212 valence electrons. The number of benzene rings is 8. The summed E-state index contributed by atoms with van der Waals surface area (Å²) < 4.78 is 2.29. The molecule has 0 saturated carbocycles. The van der Waals surface area contributed by atoms with Crippen LogP contribution in [0.2, 0.25) is 0 Å². The smallest absolute Gasteiger partial charge is 0.114 e. The van der Waals surface area contributed by atoms with Crippen LogP contribution in [-0.4, -0.2) is 9.55 Å². The molecule has 8 aromatic carbocycles. The molecule has 0 aliphatic heterocycles. The number of nitrogens with zero attached hydrogens (tertiary/aromatic N) is 2. The highest BCUT2D eigenvalue weighted by Gasteiger charge is 2.19. The van der Waals surface area contributed by atoms with E-state index < -0.39 is 0 Å². The van der Waals surface area contributed by atoms with Crippen molar-refractivity contribution in [3.8, 4) is 27.9 Å². The second kappa shape index (κ2) is 10.2. The van der Waals surface area contributed by atoms with Crippen molar-refractivity contribution in [2.45, 2.75) is 13.3 Å². The number of fused-ring (bicyclic) bond motifs is 6. The summed E-state index contributed by atoms with van der Waals surface area (Å²) in [6.45, 7) is 2.17. The highest BCUT2D eigenvalue weighted by atomic mass is 15.1. The van der Waals surface area contributed by atoms with Gasteiger partial charge in [0.1, 0.15) is 5.82 Å². The lowest BCUT2D eigenvalue weighted by Crippen LogP contribution is -2.00. The molecule has 0 saturated heterocycles. The van der Waals surface area contributed by atoms with Gasteiger partial charge in [-0.15, -0.1) is 0 Å². The van der Waals surface area contributed by atoms with Crippen LogP contribution >= 0.6 is 0 Å². The standard InChI is InChI=1S/C43H30N2/c1-2-41-44-39-21-11-12-22-40(39)45(41)30-25-23-28(24-26-30)42-34-17-7-9-19-36(34)43(37-20-10-8-18-35(37)42)38-27-29-13-3-4-14-31(29)32-15-5-6-16-33(32)38/h3-27H,2H2,1H3. The van der Waals surface area contributed by atoms with Gasteiger partial charge in [-0.3, -0.25) is 4.57 Å². The summed E-state index contributed by atoms with van der Waals surface area (Å²) in [5.41, 5.74) is 8.37. The summed E-state index contributed by atoms with van der Waals surface area (Å²) in [6.07, 6.45) is 0.872.